The van der Waals surface area contributed by atoms with Crippen molar-refractivity contribution in [2.24, 2.45) is 0 Å². The van der Waals surface area contributed by atoms with Gasteiger partial charge in [0.2, 0.25) is 0 Å². The Hall–Kier alpha value is -3.30. The molecule has 1 fully saturated rings. The summed E-state index contributed by atoms with van der Waals surface area (Å²) >= 11 is 5.87. The van der Waals surface area contributed by atoms with E-state index < -0.39 is 22.6 Å². The highest BCUT2D eigenvalue weighted by atomic mass is 35.5. The Morgan fingerprint density at radius 1 is 1.00 bits per heavy atom. The number of halogens is 2. The third-order valence-electron chi connectivity index (χ3n) is 5.41. The van der Waals surface area contributed by atoms with Crippen LogP contribution in [-0.4, -0.2) is 59.8 Å². The molecule has 2 heterocycles. The number of hydrogen-bond acceptors (Lipinski definition) is 6. The number of piperazine rings is 1. The summed E-state index contributed by atoms with van der Waals surface area (Å²) < 4.78 is 13.6. The second-order valence-corrected chi connectivity index (χ2v) is 7.77. The SMILES string of the molecule is CN1CCN(C2=C(c3ccc([N+](=O)[O-])cc3)C(=O)N(c3ccc(F)c(Cl)c3)C2=O)CC1. The van der Waals surface area contributed by atoms with Crippen LogP contribution in [0.4, 0.5) is 15.8 Å². The van der Waals surface area contributed by atoms with E-state index in [4.69, 9.17) is 11.6 Å². The average molecular weight is 445 g/mol. The Kier molecular flexibility index (Phi) is 5.47. The highest BCUT2D eigenvalue weighted by Gasteiger charge is 2.43. The predicted molar refractivity (Wildman–Crippen MR) is 113 cm³/mol. The van der Waals surface area contributed by atoms with Gasteiger partial charge in [0.25, 0.3) is 17.5 Å². The summed E-state index contributed by atoms with van der Waals surface area (Å²) in [6.45, 7) is 2.50. The number of hydrogen-bond donors (Lipinski definition) is 0. The molecule has 0 bridgehead atoms. The molecule has 2 aromatic carbocycles. The van der Waals surface area contributed by atoms with E-state index in [-0.39, 0.29) is 27.7 Å². The molecule has 0 spiro atoms. The molecule has 31 heavy (non-hydrogen) atoms. The number of nitrogens with zero attached hydrogens (tertiary/aromatic N) is 4. The number of anilines is 1. The van der Waals surface area contributed by atoms with Crippen molar-refractivity contribution < 1.29 is 18.9 Å². The highest BCUT2D eigenvalue weighted by molar-refractivity contribution is 6.45. The van der Waals surface area contributed by atoms with E-state index in [0.717, 1.165) is 11.0 Å². The van der Waals surface area contributed by atoms with Crippen molar-refractivity contribution in [3.8, 4) is 0 Å². The summed E-state index contributed by atoms with van der Waals surface area (Å²) in [6.07, 6.45) is 0. The highest BCUT2D eigenvalue weighted by Crippen LogP contribution is 2.36. The predicted octanol–water partition coefficient (Wildman–Crippen LogP) is 2.92. The van der Waals surface area contributed by atoms with E-state index in [0.29, 0.717) is 31.7 Å². The van der Waals surface area contributed by atoms with Gasteiger partial charge in [0.15, 0.2) is 0 Å². The molecule has 2 amide bonds. The molecule has 10 heteroatoms. The molecule has 2 aliphatic rings. The van der Waals surface area contributed by atoms with Crippen LogP contribution in [0.15, 0.2) is 48.2 Å². The molecule has 0 unspecified atom stereocenters. The number of likely N-dealkylation sites (N-methyl/N-ethyl adjacent to an activating group) is 1. The Morgan fingerprint density at radius 3 is 2.23 bits per heavy atom. The van der Waals surface area contributed by atoms with Crippen LogP contribution < -0.4 is 4.90 Å². The molecule has 160 valence electrons. The van der Waals surface area contributed by atoms with Crippen molar-refractivity contribution in [1.29, 1.82) is 0 Å². The smallest absolute Gasteiger partial charge is 0.282 e. The normalized spacial score (nSPS) is 17.6. The Morgan fingerprint density at radius 2 is 1.65 bits per heavy atom. The van der Waals surface area contributed by atoms with Gasteiger partial charge >= 0.3 is 0 Å². The molecule has 1 saturated heterocycles. The van der Waals surface area contributed by atoms with Crippen LogP contribution in [-0.2, 0) is 9.59 Å². The maximum atomic E-state index is 13.6. The van der Waals surface area contributed by atoms with Crippen LogP contribution in [0.3, 0.4) is 0 Å². The standard InChI is InChI=1S/C21H18ClFN4O4/c1-24-8-10-25(11-9-24)19-18(13-2-4-14(5-3-13)27(30)31)20(28)26(21(19)29)15-6-7-17(23)16(22)12-15/h2-7,12H,8-11H2,1H3. The van der Waals surface area contributed by atoms with Crippen LogP contribution in [0.25, 0.3) is 5.57 Å². The molecule has 0 aromatic heterocycles. The van der Waals surface area contributed by atoms with Crippen LogP contribution in [0.5, 0.6) is 0 Å². The molecule has 0 atom stereocenters. The molecular formula is C21H18ClFN4O4. The van der Waals surface area contributed by atoms with Gasteiger partial charge in [-0.3, -0.25) is 19.7 Å². The number of amides is 2. The molecule has 0 saturated carbocycles. The summed E-state index contributed by atoms with van der Waals surface area (Å²) in [6, 6.07) is 9.13. The molecule has 2 aromatic rings. The summed E-state index contributed by atoms with van der Waals surface area (Å²) in [5.74, 6) is -1.78. The number of nitro groups is 1. The van der Waals surface area contributed by atoms with Gasteiger partial charge in [-0.05, 0) is 42.9 Å². The van der Waals surface area contributed by atoms with Crippen LogP contribution in [0.1, 0.15) is 5.56 Å². The first-order valence-corrected chi connectivity index (χ1v) is 9.92. The van der Waals surface area contributed by atoms with E-state index in [2.05, 4.69) is 4.90 Å². The van der Waals surface area contributed by atoms with Crippen LogP contribution in [0, 0.1) is 15.9 Å². The Labute approximate surface area is 182 Å². The summed E-state index contributed by atoms with van der Waals surface area (Å²) in [5, 5.41) is 10.8. The molecule has 2 aliphatic heterocycles. The number of nitro benzene ring substituents is 1. The molecular weight excluding hydrogens is 427 g/mol. The van der Waals surface area contributed by atoms with E-state index in [1.54, 1.807) is 0 Å². The van der Waals surface area contributed by atoms with Gasteiger partial charge in [-0.25, -0.2) is 9.29 Å². The third-order valence-corrected chi connectivity index (χ3v) is 5.70. The van der Waals surface area contributed by atoms with Crippen molar-refractivity contribution in [2.45, 2.75) is 0 Å². The maximum Gasteiger partial charge on any atom is 0.282 e. The second-order valence-electron chi connectivity index (χ2n) is 7.36. The van der Waals surface area contributed by atoms with Gasteiger partial charge in [0.05, 0.1) is 21.2 Å². The number of imide groups is 1. The summed E-state index contributed by atoms with van der Waals surface area (Å²) in [4.78, 5) is 42.2. The summed E-state index contributed by atoms with van der Waals surface area (Å²) in [5.41, 5.74) is 0.820. The van der Waals surface area contributed by atoms with Crippen molar-refractivity contribution in [1.82, 2.24) is 9.80 Å². The lowest BCUT2D eigenvalue weighted by atomic mass is 10.0. The molecule has 4 rings (SSSR count). The lowest BCUT2D eigenvalue weighted by Crippen LogP contribution is -2.46. The molecule has 8 nitrogen and oxygen atoms in total. The van der Waals surface area contributed by atoms with Crippen molar-refractivity contribution >= 4 is 40.4 Å². The zero-order valence-corrected chi connectivity index (χ0v) is 17.3. The van der Waals surface area contributed by atoms with E-state index in [1.807, 2.05) is 11.9 Å². The third kappa shape index (κ3) is 3.77. The monoisotopic (exact) mass is 444 g/mol. The number of rotatable bonds is 4. The Bertz CT molecular complexity index is 1110. The minimum atomic E-state index is -0.660. The fourth-order valence-corrected chi connectivity index (χ4v) is 3.89. The fraction of sp³-hybridized carbons (Fsp3) is 0.238. The number of carbonyl (C=O) groups excluding carboxylic acids is 2. The Balaban J connectivity index is 1.80. The van der Waals surface area contributed by atoms with Gasteiger partial charge < -0.3 is 9.80 Å². The van der Waals surface area contributed by atoms with Gasteiger partial charge in [-0.15, -0.1) is 0 Å². The fourth-order valence-electron chi connectivity index (χ4n) is 3.71. The molecule has 0 radical (unpaired) electrons. The minimum Gasteiger partial charge on any atom is -0.364 e. The first-order chi connectivity index (χ1) is 14.8. The van der Waals surface area contributed by atoms with Gasteiger partial charge in [-0.2, -0.15) is 0 Å². The first-order valence-electron chi connectivity index (χ1n) is 9.54. The van der Waals surface area contributed by atoms with Crippen molar-refractivity contribution in [2.75, 3.05) is 38.1 Å². The van der Waals surface area contributed by atoms with Gasteiger partial charge in [-0.1, -0.05) is 11.6 Å². The largest absolute Gasteiger partial charge is 0.364 e. The number of non-ortho nitro benzene ring substituents is 1. The van der Waals surface area contributed by atoms with Crippen molar-refractivity contribution in [3.05, 3.63) is 74.7 Å². The zero-order valence-electron chi connectivity index (χ0n) is 16.5. The summed E-state index contributed by atoms with van der Waals surface area (Å²) in [7, 11) is 1.97. The topological polar surface area (TPSA) is 87.0 Å². The van der Waals surface area contributed by atoms with Crippen molar-refractivity contribution in [3.63, 3.8) is 0 Å². The van der Waals surface area contributed by atoms with Gasteiger partial charge in [0.1, 0.15) is 11.5 Å². The molecule has 0 N–H and O–H groups in total. The van der Waals surface area contributed by atoms with E-state index >= 15 is 0 Å². The van der Waals surface area contributed by atoms with E-state index in [9.17, 15) is 24.1 Å². The zero-order chi connectivity index (χ0) is 22.3. The quantitative estimate of drug-likeness (QED) is 0.409. The molecule has 0 aliphatic carbocycles. The van der Waals surface area contributed by atoms with Gasteiger partial charge in [0, 0.05) is 38.3 Å². The second kappa shape index (κ2) is 8.09. The maximum absolute atomic E-state index is 13.6. The minimum absolute atomic E-state index is 0.121. The number of carbonyl (C=O) groups is 2. The number of benzene rings is 2. The lowest BCUT2D eigenvalue weighted by Gasteiger charge is -2.34. The average Bonchev–Trinajstić information content (AvgIpc) is 3.01. The lowest BCUT2D eigenvalue weighted by molar-refractivity contribution is -0.384. The van der Waals surface area contributed by atoms with Crippen LogP contribution in [0.2, 0.25) is 5.02 Å². The van der Waals surface area contributed by atoms with E-state index in [1.165, 1.54) is 36.4 Å². The van der Waals surface area contributed by atoms with Crippen LogP contribution >= 0.6 is 11.6 Å². The first kappa shape index (κ1) is 21.0.